The standard InChI is InChI=1S/C46H36N4/c1-3-38(24-19-32(2)41-16-4-10-35-13-7-29-47-44(35)41)50(39-25-20-33(21-26-39)42-17-5-11-36-14-8-30-48-45(36)42)40-27-22-34(23-28-40)43-18-6-12-37-15-9-31-49-46(37)43/h3-8,10-14,16-31H,1,9,15H2,2H3/b32-19+,38-24+. The number of benzene rings is 5. The van der Waals surface area contributed by atoms with Crippen LogP contribution in [-0.4, -0.2) is 16.2 Å². The number of fused-ring (bicyclic) bond motifs is 3. The van der Waals surface area contributed by atoms with Crippen LogP contribution in [0.3, 0.4) is 0 Å². The molecule has 240 valence electrons. The van der Waals surface area contributed by atoms with Crippen molar-refractivity contribution < 1.29 is 0 Å². The molecule has 0 unspecified atom stereocenters. The van der Waals surface area contributed by atoms with Crippen molar-refractivity contribution in [3.8, 4) is 22.3 Å². The summed E-state index contributed by atoms with van der Waals surface area (Å²) < 4.78 is 0. The Labute approximate surface area is 293 Å². The predicted octanol–water partition coefficient (Wildman–Crippen LogP) is 12.1. The Balaban J connectivity index is 1.21. The first-order valence-electron chi connectivity index (χ1n) is 17.0. The number of hydrogen-bond donors (Lipinski definition) is 0. The van der Waals surface area contributed by atoms with E-state index in [9.17, 15) is 0 Å². The molecular formula is C46H36N4. The number of aromatic nitrogens is 2. The third kappa shape index (κ3) is 5.93. The normalized spacial score (nSPS) is 13.0. The van der Waals surface area contributed by atoms with Gasteiger partial charge in [-0.3, -0.25) is 15.0 Å². The number of nitrogens with zero attached hydrogens (tertiary/aromatic N) is 4. The largest absolute Gasteiger partial charge is 0.311 e. The minimum absolute atomic E-state index is 0.951. The number of anilines is 2. The molecule has 4 heteroatoms. The van der Waals surface area contributed by atoms with Gasteiger partial charge in [0.2, 0.25) is 0 Å². The van der Waals surface area contributed by atoms with Crippen LogP contribution < -0.4 is 4.90 Å². The van der Waals surface area contributed by atoms with E-state index in [2.05, 4.69) is 151 Å². The van der Waals surface area contributed by atoms with Crippen molar-refractivity contribution in [2.24, 2.45) is 4.99 Å². The Morgan fingerprint density at radius 1 is 0.640 bits per heavy atom. The molecular weight excluding hydrogens is 609 g/mol. The maximum atomic E-state index is 4.78. The highest BCUT2D eigenvalue weighted by atomic mass is 15.1. The lowest BCUT2D eigenvalue weighted by molar-refractivity contribution is 1.03. The van der Waals surface area contributed by atoms with Gasteiger partial charge in [0.15, 0.2) is 0 Å². The lowest BCUT2D eigenvalue weighted by Gasteiger charge is -2.27. The molecule has 0 atom stereocenters. The van der Waals surface area contributed by atoms with E-state index in [1.54, 1.807) is 0 Å². The van der Waals surface area contributed by atoms with Gasteiger partial charge in [-0.15, -0.1) is 0 Å². The zero-order valence-electron chi connectivity index (χ0n) is 28.0. The molecule has 0 radical (unpaired) electrons. The van der Waals surface area contributed by atoms with Crippen LogP contribution in [0.15, 0.2) is 175 Å². The van der Waals surface area contributed by atoms with Crippen LogP contribution >= 0.6 is 0 Å². The van der Waals surface area contributed by atoms with Crippen LogP contribution in [0, 0.1) is 0 Å². The van der Waals surface area contributed by atoms with Gasteiger partial charge >= 0.3 is 0 Å². The van der Waals surface area contributed by atoms with E-state index < -0.39 is 0 Å². The van der Waals surface area contributed by atoms with E-state index in [1.807, 2.05) is 36.8 Å². The highest BCUT2D eigenvalue weighted by Crippen LogP contribution is 2.39. The van der Waals surface area contributed by atoms with E-state index in [0.717, 1.165) is 90.8 Å². The molecule has 0 aliphatic carbocycles. The molecule has 0 saturated heterocycles. The molecule has 0 spiro atoms. The third-order valence-electron chi connectivity index (χ3n) is 9.42. The molecule has 8 rings (SSSR count). The van der Waals surface area contributed by atoms with Crippen LogP contribution in [0.2, 0.25) is 0 Å². The van der Waals surface area contributed by atoms with E-state index in [-0.39, 0.29) is 0 Å². The lowest BCUT2D eigenvalue weighted by atomic mass is 9.96. The first-order chi connectivity index (χ1) is 24.7. The molecule has 7 aromatic rings. The van der Waals surface area contributed by atoms with Crippen molar-refractivity contribution in [2.45, 2.75) is 19.8 Å². The summed E-state index contributed by atoms with van der Waals surface area (Å²) in [6.45, 7) is 6.41. The SMILES string of the molecule is C=C/C(=C\C=C(/C)c1cccc2cccnc12)N(c1ccc(-c2cccc3c2N=CCC3)cc1)c1ccc(-c2cccc3cccnc23)cc1. The Morgan fingerprint density at radius 2 is 1.24 bits per heavy atom. The summed E-state index contributed by atoms with van der Waals surface area (Å²) in [6, 6.07) is 44.8. The van der Waals surface area contributed by atoms with Crippen molar-refractivity contribution >= 4 is 50.7 Å². The third-order valence-corrected chi connectivity index (χ3v) is 9.42. The Morgan fingerprint density at radius 3 is 1.96 bits per heavy atom. The van der Waals surface area contributed by atoms with Gasteiger partial charge < -0.3 is 4.90 Å². The first kappa shape index (κ1) is 30.9. The summed E-state index contributed by atoms with van der Waals surface area (Å²) in [5.41, 5.74) is 14.2. The monoisotopic (exact) mass is 644 g/mol. The van der Waals surface area contributed by atoms with Gasteiger partial charge in [0.05, 0.1) is 16.7 Å². The number of allylic oxidation sites excluding steroid dienone is 4. The van der Waals surface area contributed by atoms with Crippen LogP contribution in [0.4, 0.5) is 17.1 Å². The van der Waals surface area contributed by atoms with Crippen LogP contribution in [-0.2, 0) is 6.42 Å². The second-order valence-electron chi connectivity index (χ2n) is 12.5. The molecule has 0 saturated carbocycles. The number of para-hydroxylation sites is 3. The van der Waals surface area contributed by atoms with E-state index in [0.29, 0.717) is 0 Å². The molecule has 0 bridgehead atoms. The van der Waals surface area contributed by atoms with Gasteiger partial charge in [0.1, 0.15) is 0 Å². The molecule has 3 heterocycles. The maximum absolute atomic E-state index is 4.78. The fourth-order valence-corrected chi connectivity index (χ4v) is 6.88. The minimum Gasteiger partial charge on any atom is -0.311 e. The summed E-state index contributed by atoms with van der Waals surface area (Å²) in [7, 11) is 0. The Kier molecular flexibility index (Phi) is 8.42. The number of rotatable bonds is 8. The van der Waals surface area contributed by atoms with Crippen molar-refractivity contribution in [1.82, 2.24) is 9.97 Å². The van der Waals surface area contributed by atoms with Crippen molar-refractivity contribution in [3.05, 3.63) is 181 Å². The quantitative estimate of drug-likeness (QED) is 0.155. The Bertz CT molecular complexity index is 2440. The van der Waals surface area contributed by atoms with Crippen LogP contribution in [0.1, 0.15) is 24.5 Å². The topological polar surface area (TPSA) is 41.4 Å². The molecule has 5 aromatic carbocycles. The fraction of sp³-hybridized carbons (Fsp3) is 0.0652. The molecule has 1 aliphatic heterocycles. The zero-order chi connectivity index (χ0) is 33.9. The number of hydrogen-bond acceptors (Lipinski definition) is 4. The van der Waals surface area contributed by atoms with Crippen LogP contribution in [0.5, 0.6) is 0 Å². The Hall–Kier alpha value is -6.39. The number of pyridine rings is 2. The maximum Gasteiger partial charge on any atom is 0.0780 e. The average molecular weight is 645 g/mol. The number of aryl methyl sites for hydroxylation is 1. The second-order valence-corrected chi connectivity index (χ2v) is 12.5. The fourth-order valence-electron chi connectivity index (χ4n) is 6.88. The van der Waals surface area contributed by atoms with Crippen molar-refractivity contribution in [1.29, 1.82) is 0 Å². The predicted molar refractivity (Wildman–Crippen MR) is 211 cm³/mol. The van der Waals surface area contributed by atoms with Gasteiger partial charge in [0, 0.05) is 63.1 Å². The van der Waals surface area contributed by atoms with Gasteiger partial charge in [-0.1, -0.05) is 104 Å². The highest BCUT2D eigenvalue weighted by Gasteiger charge is 2.16. The summed E-state index contributed by atoms with van der Waals surface area (Å²) in [6.07, 6.45) is 14.0. The van der Waals surface area contributed by atoms with E-state index >= 15 is 0 Å². The van der Waals surface area contributed by atoms with Gasteiger partial charge in [-0.05, 0) is 90.6 Å². The molecule has 0 fully saturated rings. The van der Waals surface area contributed by atoms with Crippen LogP contribution in [0.25, 0.3) is 49.6 Å². The zero-order valence-corrected chi connectivity index (χ0v) is 28.0. The van der Waals surface area contributed by atoms with E-state index in [4.69, 9.17) is 9.98 Å². The molecule has 1 aliphatic rings. The van der Waals surface area contributed by atoms with Crippen molar-refractivity contribution in [3.63, 3.8) is 0 Å². The minimum atomic E-state index is 0.951. The molecule has 2 aromatic heterocycles. The summed E-state index contributed by atoms with van der Waals surface area (Å²) >= 11 is 0. The second kappa shape index (κ2) is 13.6. The number of aliphatic imine (C=N–C) groups is 1. The van der Waals surface area contributed by atoms with E-state index in [1.165, 1.54) is 5.56 Å². The smallest absolute Gasteiger partial charge is 0.0780 e. The van der Waals surface area contributed by atoms with Gasteiger partial charge in [-0.2, -0.15) is 0 Å². The first-order valence-corrected chi connectivity index (χ1v) is 17.0. The molecule has 50 heavy (non-hydrogen) atoms. The molecule has 4 nitrogen and oxygen atoms in total. The summed E-state index contributed by atoms with van der Waals surface area (Å²) in [4.78, 5) is 16.4. The average Bonchev–Trinajstić information content (AvgIpc) is 3.19. The van der Waals surface area contributed by atoms with Gasteiger partial charge in [-0.25, -0.2) is 0 Å². The summed E-state index contributed by atoms with van der Waals surface area (Å²) in [5, 5.41) is 2.25. The summed E-state index contributed by atoms with van der Waals surface area (Å²) in [5.74, 6) is 0. The van der Waals surface area contributed by atoms with Crippen molar-refractivity contribution in [2.75, 3.05) is 4.90 Å². The highest BCUT2D eigenvalue weighted by molar-refractivity contribution is 5.94. The molecule has 0 amide bonds. The lowest BCUT2D eigenvalue weighted by Crippen LogP contribution is -2.15. The van der Waals surface area contributed by atoms with Gasteiger partial charge in [0.25, 0.3) is 0 Å². The molecule has 0 N–H and O–H groups in total.